The number of rotatable bonds is 6. The van der Waals surface area contributed by atoms with Crippen molar-refractivity contribution in [2.75, 3.05) is 18.1 Å². The molecule has 0 saturated carbocycles. The minimum absolute atomic E-state index is 0.0366. The Morgan fingerprint density at radius 3 is 2.83 bits per heavy atom. The number of para-hydroxylation sites is 2. The van der Waals surface area contributed by atoms with Crippen molar-refractivity contribution in [1.29, 1.82) is 0 Å². The third-order valence-corrected chi connectivity index (χ3v) is 5.79. The Balaban J connectivity index is 1.63. The van der Waals surface area contributed by atoms with Crippen LogP contribution in [0.25, 0.3) is 16.3 Å². The topological polar surface area (TPSA) is 85.6 Å². The zero-order valence-corrected chi connectivity index (χ0v) is 16.4. The third kappa shape index (κ3) is 4.33. The number of amides is 1. The van der Waals surface area contributed by atoms with Gasteiger partial charge in [-0.05, 0) is 37.1 Å². The summed E-state index contributed by atoms with van der Waals surface area (Å²) in [5.74, 6) is -0.280. The molecule has 1 aliphatic heterocycles. The van der Waals surface area contributed by atoms with E-state index in [0.717, 1.165) is 23.1 Å². The molecule has 0 aliphatic carbocycles. The van der Waals surface area contributed by atoms with E-state index in [0.29, 0.717) is 23.8 Å². The summed E-state index contributed by atoms with van der Waals surface area (Å²) >= 11 is 1.44. The second kappa shape index (κ2) is 8.50. The molecule has 4 rings (SSSR count). The van der Waals surface area contributed by atoms with Gasteiger partial charge in [-0.15, -0.1) is 0 Å². The van der Waals surface area contributed by atoms with Gasteiger partial charge in [0, 0.05) is 18.7 Å². The Morgan fingerprint density at radius 1 is 1.28 bits per heavy atom. The van der Waals surface area contributed by atoms with E-state index >= 15 is 0 Å². The number of fused-ring (bicyclic) bond motifs is 1. The van der Waals surface area contributed by atoms with E-state index in [1.165, 1.54) is 29.6 Å². The van der Waals surface area contributed by atoms with E-state index < -0.39 is 4.92 Å². The average Bonchev–Trinajstić information content (AvgIpc) is 3.39. The molecule has 29 heavy (non-hydrogen) atoms. The summed E-state index contributed by atoms with van der Waals surface area (Å²) in [6.45, 7) is 1.10. The normalized spacial score (nSPS) is 16.5. The lowest BCUT2D eigenvalue weighted by molar-refractivity contribution is -0.385. The smallest absolute Gasteiger partial charge is 0.276 e. The van der Waals surface area contributed by atoms with E-state index in [2.05, 4.69) is 4.98 Å². The maximum atomic E-state index is 13.0. The highest BCUT2D eigenvalue weighted by atomic mass is 32.1. The molecule has 1 fully saturated rings. The van der Waals surface area contributed by atoms with E-state index in [-0.39, 0.29) is 17.7 Å². The highest BCUT2D eigenvalue weighted by Crippen LogP contribution is 2.30. The summed E-state index contributed by atoms with van der Waals surface area (Å²) in [6, 6.07) is 14.1. The second-order valence-electron chi connectivity index (χ2n) is 6.70. The van der Waals surface area contributed by atoms with Crippen LogP contribution in [0.4, 0.5) is 10.8 Å². The van der Waals surface area contributed by atoms with Gasteiger partial charge in [-0.2, -0.15) is 0 Å². The standard InChI is InChI=1S/C21H19N3O4S/c25-20(12-11-15-6-1-3-9-18(15)24(26)27)23(14-16-7-5-13-28-16)21-22-17-8-2-4-10-19(17)29-21/h1-4,6,8-12,16H,5,7,13-14H2/b12-11+. The van der Waals surface area contributed by atoms with Crippen LogP contribution < -0.4 is 4.90 Å². The Morgan fingerprint density at radius 2 is 2.07 bits per heavy atom. The summed E-state index contributed by atoms with van der Waals surface area (Å²) in [4.78, 5) is 30.0. The first kappa shape index (κ1) is 19.2. The summed E-state index contributed by atoms with van der Waals surface area (Å²) in [7, 11) is 0. The Bertz CT molecular complexity index is 1040. The van der Waals surface area contributed by atoms with Crippen LogP contribution in [0.1, 0.15) is 18.4 Å². The van der Waals surface area contributed by atoms with Gasteiger partial charge in [0.15, 0.2) is 5.13 Å². The van der Waals surface area contributed by atoms with E-state index in [9.17, 15) is 14.9 Å². The highest BCUT2D eigenvalue weighted by Gasteiger charge is 2.25. The fraction of sp³-hybridized carbons (Fsp3) is 0.238. The molecule has 3 aromatic rings. The first-order valence-corrected chi connectivity index (χ1v) is 10.1. The van der Waals surface area contributed by atoms with Gasteiger partial charge in [-0.1, -0.05) is 35.6 Å². The molecule has 7 nitrogen and oxygen atoms in total. The maximum absolute atomic E-state index is 13.0. The van der Waals surface area contributed by atoms with Crippen LogP contribution in [0, 0.1) is 10.1 Å². The number of nitro benzene ring substituents is 1. The number of aromatic nitrogens is 1. The van der Waals surface area contributed by atoms with Gasteiger partial charge in [0.05, 0.1) is 33.4 Å². The quantitative estimate of drug-likeness (QED) is 0.342. The average molecular weight is 409 g/mol. The molecule has 1 atom stereocenters. The number of benzene rings is 2. The predicted molar refractivity (Wildman–Crippen MR) is 113 cm³/mol. The van der Waals surface area contributed by atoms with E-state index in [4.69, 9.17) is 4.74 Å². The summed E-state index contributed by atoms with van der Waals surface area (Å²) in [6.07, 6.45) is 4.67. The molecule has 0 bridgehead atoms. The molecule has 0 spiro atoms. The van der Waals surface area contributed by atoms with Crippen molar-refractivity contribution in [2.45, 2.75) is 18.9 Å². The number of thiazole rings is 1. The first-order valence-electron chi connectivity index (χ1n) is 9.32. The largest absolute Gasteiger partial charge is 0.376 e. The maximum Gasteiger partial charge on any atom is 0.276 e. The highest BCUT2D eigenvalue weighted by molar-refractivity contribution is 7.22. The zero-order valence-electron chi connectivity index (χ0n) is 15.6. The van der Waals surface area contributed by atoms with Crippen molar-refractivity contribution in [3.05, 3.63) is 70.3 Å². The monoisotopic (exact) mass is 409 g/mol. The minimum atomic E-state index is -0.457. The molecule has 0 N–H and O–H groups in total. The molecule has 2 aromatic carbocycles. The lowest BCUT2D eigenvalue weighted by Gasteiger charge is -2.21. The number of hydrogen-bond donors (Lipinski definition) is 0. The van der Waals surface area contributed by atoms with Crippen LogP contribution in [0.3, 0.4) is 0 Å². The van der Waals surface area contributed by atoms with Gasteiger partial charge in [0.2, 0.25) is 0 Å². The number of nitrogens with zero attached hydrogens (tertiary/aromatic N) is 3. The molecule has 1 saturated heterocycles. The Hall–Kier alpha value is -3.10. The number of anilines is 1. The van der Waals surface area contributed by atoms with Crippen molar-refractivity contribution >= 4 is 44.4 Å². The molecular weight excluding hydrogens is 390 g/mol. The molecule has 8 heteroatoms. The third-order valence-electron chi connectivity index (χ3n) is 4.73. The molecule has 0 radical (unpaired) electrons. The van der Waals surface area contributed by atoms with Crippen LogP contribution in [0.5, 0.6) is 0 Å². The first-order chi connectivity index (χ1) is 14.1. The lowest BCUT2D eigenvalue weighted by atomic mass is 10.1. The van der Waals surface area contributed by atoms with Gasteiger partial charge in [0.1, 0.15) is 0 Å². The van der Waals surface area contributed by atoms with Crippen molar-refractivity contribution in [3.63, 3.8) is 0 Å². The fourth-order valence-corrected chi connectivity index (χ4v) is 4.26. The lowest BCUT2D eigenvalue weighted by Crippen LogP contribution is -2.36. The van der Waals surface area contributed by atoms with Crippen molar-refractivity contribution < 1.29 is 14.5 Å². The van der Waals surface area contributed by atoms with Crippen molar-refractivity contribution in [2.24, 2.45) is 0 Å². The molecule has 1 aliphatic rings. The van der Waals surface area contributed by atoms with Gasteiger partial charge in [-0.3, -0.25) is 19.8 Å². The van der Waals surface area contributed by atoms with Crippen LogP contribution in [0.2, 0.25) is 0 Å². The van der Waals surface area contributed by atoms with Crippen molar-refractivity contribution in [3.8, 4) is 0 Å². The Labute approximate surface area is 171 Å². The minimum Gasteiger partial charge on any atom is -0.376 e. The van der Waals surface area contributed by atoms with Gasteiger partial charge in [-0.25, -0.2) is 4.98 Å². The zero-order chi connectivity index (χ0) is 20.2. The van der Waals surface area contributed by atoms with E-state index in [1.54, 1.807) is 23.1 Å². The second-order valence-corrected chi connectivity index (χ2v) is 7.71. The molecule has 2 heterocycles. The number of hydrogen-bond acceptors (Lipinski definition) is 6. The number of carbonyl (C=O) groups is 1. The summed E-state index contributed by atoms with van der Waals surface area (Å²) in [5.41, 5.74) is 1.18. The van der Waals surface area contributed by atoms with Crippen molar-refractivity contribution in [1.82, 2.24) is 4.98 Å². The fourth-order valence-electron chi connectivity index (χ4n) is 3.28. The van der Waals surface area contributed by atoms with Gasteiger partial charge in [0.25, 0.3) is 11.6 Å². The molecule has 1 amide bonds. The van der Waals surface area contributed by atoms with Crippen LogP contribution >= 0.6 is 11.3 Å². The van der Waals surface area contributed by atoms with Gasteiger partial charge < -0.3 is 4.74 Å². The molecule has 1 unspecified atom stereocenters. The SMILES string of the molecule is O=C(/C=C/c1ccccc1[N+](=O)[O-])N(CC1CCCO1)c1nc2ccccc2s1. The van der Waals surface area contributed by atoms with Crippen LogP contribution in [-0.2, 0) is 9.53 Å². The van der Waals surface area contributed by atoms with Crippen LogP contribution in [0.15, 0.2) is 54.6 Å². The van der Waals surface area contributed by atoms with Crippen LogP contribution in [-0.4, -0.2) is 35.1 Å². The Kier molecular flexibility index (Phi) is 5.64. The summed E-state index contributed by atoms with van der Waals surface area (Å²) in [5, 5.41) is 11.8. The number of carbonyl (C=O) groups excluding carboxylic acids is 1. The van der Waals surface area contributed by atoms with E-state index in [1.807, 2.05) is 24.3 Å². The summed E-state index contributed by atoms with van der Waals surface area (Å²) < 4.78 is 6.71. The molecule has 1 aromatic heterocycles. The number of nitro groups is 1. The predicted octanol–water partition coefficient (Wildman–Crippen LogP) is 4.43. The number of ether oxygens (including phenoxy) is 1. The molecular formula is C21H19N3O4S. The molecule has 148 valence electrons. The van der Waals surface area contributed by atoms with Gasteiger partial charge >= 0.3 is 0 Å².